The summed E-state index contributed by atoms with van der Waals surface area (Å²) in [6.07, 6.45) is 24.9. The molecule has 3 N–H and O–H groups in total. The molecular weight excluding hydrogens is 725 g/mol. The van der Waals surface area contributed by atoms with Crippen molar-refractivity contribution in [1.29, 1.82) is 0 Å². The summed E-state index contributed by atoms with van der Waals surface area (Å²) in [6.45, 7) is 15.1. The molecule has 4 aliphatic rings. The van der Waals surface area contributed by atoms with Crippen molar-refractivity contribution in [2.45, 2.75) is 188 Å². The molecule has 0 spiro atoms. The number of fused-ring (bicyclic) bond motifs is 2. The number of nitrogens with two attached hydrogens (primary N) is 1. The number of hydrogen-bond acceptors (Lipinski definition) is 5. The first kappa shape index (κ1) is 45.1. The Labute approximate surface area is 358 Å². The summed E-state index contributed by atoms with van der Waals surface area (Å²) >= 11 is 0. The average molecular weight is 803 g/mol. The summed E-state index contributed by atoms with van der Waals surface area (Å²) in [5, 5.41) is 8.56. The minimum atomic E-state index is 0.334. The Morgan fingerprint density at radius 3 is 1.44 bits per heavy atom. The average Bonchev–Trinajstić information content (AvgIpc) is 3.23. The van der Waals surface area contributed by atoms with E-state index in [-0.39, 0.29) is 0 Å². The van der Waals surface area contributed by atoms with E-state index in [1.54, 1.807) is 0 Å². The summed E-state index contributed by atoms with van der Waals surface area (Å²) in [5.74, 6) is 3.61. The van der Waals surface area contributed by atoms with Crippen molar-refractivity contribution >= 4 is 27.8 Å². The number of carbonyl (C=O) groups is 1. The molecule has 0 heterocycles. The fourth-order valence-electron chi connectivity index (χ4n) is 10.0. The molecule has 4 fully saturated rings. The largest absolute Gasteiger partial charge is 0.490 e. The molecule has 4 aliphatic carbocycles. The van der Waals surface area contributed by atoms with E-state index in [0.29, 0.717) is 40.7 Å². The highest BCUT2D eigenvalue weighted by atomic mass is 16.5. The van der Waals surface area contributed by atoms with Crippen molar-refractivity contribution in [1.82, 2.24) is 5.32 Å². The van der Waals surface area contributed by atoms with Gasteiger partial charge in [-0.2, -0.15) is 0 Å². The molecule has 0 unspecified atom stereocenters. The lowest BCUT2D eigenvalue weighted by atomic mass is 9.72. The minimum absolute atomic E-state index is 0.334. The highest BCUT2D eigenvalue weighted by Crippen LogP contribution is 2.40. The lowest BCUT2D eigenvalue weighted by Crippen LogP contribution is -2.30. The van der Waals surface area contributed by atoms with Gasteiger partial charge in [0.05, 0.1) is 12.2 Å². The molecule has 0 aliphatic heterocycles. The molecular formula is C54H78N2O3. The first-order valence-electron chi connectivity index (χ1n) is 23.7. The van der Waals surface area contributed by atoms with Gasteiger partial charge in [-0.15, -0.1) is 0 Å². The van der Waals surface area contributed by atoms with Crippen LogP contribution < -0.4 is 20.5 Å². The zero-order valence-electron chi connectivity index (χ0n) is 37.7. The number of aldehydes is 1. The van der Waals surface area contributed by atoms with Crippen molar-refractivity contribution in [3.63, 3.8) is 0 Å². The van der Waals surface area contributed by atoms with Gasteiger partial charge in [0, 0.05) is 24.2 Å². The fraction of sp³-hybridized carbons (Fsp3) is 0.611. The van der Waals surface area contributed by atoms with Gasteiger partial charge in [0.2, 0.25) is 0 Å². The molecule has 0 amide bonds. The molecule has 4 saturated carbocycles. The van der Waals surface area contributed by atoms with Gasteiger partial charge in [-0.05, 0) is 163 Å². The Morgan fingerprint density at radius 2 is 0.983 bits per heavy atom. The second kappa shape index (κ2) is 21.4. The molecule has 0 saturated heterocycles. The lowest BCUT2D eigenvalue weighted by Gasteiger charge is -2.37. The van der Waals surface area contributed by atoms with Crippen molar-refractivity contribution in [2.24, 2.45) is 28.4 Å². The van der Waals surface area contributed by atoms with Crippen LogP contribution in [-0.2, 0) is 6.54 Å². The van der Waals surface area contributed by atoms with Crippen LogP contribution in [0.5, 0.6) is 11.5 Å². The first-order chi connectivity index (χ1) is 28.3. The SMILES string of the molecule is CC(C)(C)C1CCC(Oc2ccc3cc(C=O)ccc3c2)CC1.CC(C)(C)C1CCC(Oc2ccc3cc(CNC4CCCCC4)ccc3c2)CC1.NC1CCCCC1. The number of rotatable bonds is 8. The lowest BCUT2D eigenvalue weighted by molar-refractivity contribution is 0.0881. The van der Waals surface area contributed by atoms with Gasteiger partial charge >= 0.3 is 0 Å². The Kier molecular flexibility index (Phi) is 16.4. The van der Waals surface area contributed by atoms with Gasteiger partial charge in [0.1, 0.15) is 17.8 Å². The predicted molar refractivity (Wildman–Crippen MR) is 250 cm³/mol. The van der Waals surface area contributed by atoms with Gasteiger partial charge in [0.15, 0.2) is 0 Å². The van der Waals surface area contributed by atoms with Crippen LogP contribution in [0.4, 0.5) is 0 Å². The number of hydrogen-bond donors (Lipinski definition) is 2. The second-order valence-electron chi connectivity index (χ2n) is 20.8. The standard InChI is InChI=1S/C27H39NO.C21H26O2.C6H13N/c1-27(2,3)23-12-15-25(16-13-23)29-26-14-11-21-17-20(9-10-22(21)18-26)19-28-24-7-5-4-6-8-24;1-21(2,3)18-7-10-19(11-8-18)23-20-9-6-16-12-15(14-22)4-5-17(16)13-20;7-6-4-2-1-3-5-6/h9-11,14,17-18,23-25,28H,4-8,12-13,15-16,19H2,1-3H3;4-6,9,12-14,18-19H,7-8,10-11H2,1-3H3;6H,1-5,7H2. The summed E-state index contributed by atoms with van der Waals surface area (Å²) in [5.41, 5.74) is 8.57. The van der Waals surface area contributed by atoms with Crippen LogP contribution in [-0.4, -0.2) is 30.6 Å². The second-order valence-corrected chi connectivity index (χ2v) is 20.8. The van der Waals surface area contributed by atoms with E-state index in [1.807, 2.05) is 30.3 Å². The van der Waals surface area contributed by atoms with Gasteiger partial charge in [0.25, 0.3) is 0 Å². The molecule has 322 valence electrons. The van der Waals surface area contributed by atoms with E-state index >= 15 is 0 Å². The maximum atomic E-state index is 10.9. The van der Waals surface area contributed by atoms with Crippen LogP contribution >= 0.6 is 0 Å². The van der Waals surface area contributed by atoms with Crippen LogP contribution in [0, 0.1) is 22.7 Å². The molecule has 59 heavy (non-hydrogen) atoms. The molecule has 5 nitrogen and oxygen atoms in total. The normalized spacial score (nSPS) is 23.4. The van der Waals surface area contributed by atoms with Gasteiger partial charge in [-0.3, -0.25) is 4.79 Å². The summed E-state index contributed by atoms with van der Waals surface area (Å²) < 4.78 is 12.6. The number of nitrogens with one attached hydrogen (secondary N) is 1. The van der Waals surface area contributed by atoms with E-state index in [9.17, 15) is 4.79 Å². The van der Waals surface area contributed by atoms with Crippen LogP contribution in [0.25, 0.3) is 21.5 Å². The van der Waals surface area contributed by atoms with Crippen molar-refractivity contribution in [3.05, 3.63) is 83.9 Å². The van der Waals surface area contributed by atoms with Gasteiger partial charge in [-0.1, -0.05) is 116 Å². The Bertz CT molecular complexity index is 1880. The molecule has 0 aromatic heterocycles. The maximum absolute atomic E-state index is 10.9. The van der Waals surface area contributed by atoms with Crippen LogP contribution in [0.1, 0.15) is 173 Å². The number of benzene rings is 4. The third-order valence-corrected chi connectivity index (χ3v) is 14.1. The molecule has 0 atom stereocenters. The van der Waals surface area contributed by atoms with E-state index in [1.165, 1.54) is 119 Å². The van der Waals surface area contributed by atoms with Gasteiger partial charge < -0.3 is 20.5 Å². The quantitative estimate of drug-likeness (QED) is 0.174. The first-order valence-corrected chi connectivity index (χ1v) is 23.7. The van der Waals surface area contributed by atoms with E-state index in [0.717, 1.165) is 59.8 Å². The molecule has 4 aromatic carbocycles. The topological polar surface area (TPSA) is 73.6 Å². The van der Waals surface area contributed by atoms with E-state index in [2.05, 4.69) is 89.3 Å². The zero-order chi connectivity index (χ0) is 41.8. The highest BCUT2D eigenvalue weighted by Gasteiger charge is 2.31. The van der Waals surface area contributed by atoms with Crippen LogP contribution in [0.3, 0.4) is 0 Å². The molecule has 5 heteroatoms. The van der Waals surface area contributed by atoms with Crippen molar-refractivity contribution < 1.29 is 14.3 Å². The number of carbonyl (C=O) groups excluding carboxylic acids is 1. The van der Waals surface area contributed by atoms with Crippen molar-refractivity contribution in [3.8, 4) is 11.5 Å². The molecule has 0 radical (unpaired) electrons. The summed E-state index contributed by atoms with van der Waals surface area (Å²) in [7, 11) is 0. The molecule has 4 aromatic rings. The fourth-order valence-corrected chi connectivity index (χ4v) is 10.0. The third kappa shape index (κ3) is 14.1. The van der Waals surface area contributed by atoms with Crippen LogP contribution in [0.2, 0.25) is 0 Å². The monoisotopic (exact) mass is 803 g/mol. The summed E-state index contributed by atoms with van der Waals surface area (Å²) in [6, 6.07) is 26.6. The Balaban J connectivity index is 0.000000173. The van der Waals surface area contributed by atoms with Gasteiger partial charge in [-0.25, -0.2) is 0 Å². The van der Waals surface area contributed by atoms with E-state index in [4.69, 9.17) is 15.2 Å². The molecule has 0 bridgehead atoms. The minimum Gasteiger partial charge on any atom is -0.490 e. The highest BCUT2D eigenvalue weighted by molar-refractivity contribution is 5.89. The third-order valence-electron chi connectivity index (χ3n) is 14.1. The van der Waals surface area contributed by atoms with E-state index < -0.39 is 0 Å². The predicted octanol–water partition coefficient (Wildman–Crippen LogP) is 14.2. The Hall–Kier alpha value is -3.41. The van der Waals surface area contributed by atoms with Crippen molar-refractivity contribution in [2.75, 3.05) is 0 Å². The zero-order valence-corrected chi connectivity index (χ0v) is 37.7. The van der Waals surface area contributed by atoms with Crippen LogP contribution in [0.15, 0.2) is 72.8 Å². The number of ether oxygens (including phenoxy) is 2. The maximum Gasteiger partial charge on any atom is 0.150 e. The Morgan fingerprint density at radius 1 is 0.542 bits per heavy atom. The summed E-state index contributed by atoms with van der Waals surface area (Å²) in [4.78, 5) is 10.9. The smallest absolute Gasteiger partial charge is 0.150 e. The molecule has 8 rings (SSSR count).